The Labute approximate surface area is 112 Å². The van der Waals surface area contributed by atoms with E-state index in [0.29, 0.717) is 5.89 Å². The van der Waals surface area contributed by atoms with Gasteiger partial charge in [-0.1, -0.05) is 18.2 Å². The van der Waals surface area contributed by atoms with Crippen LogP contribution in [0.25, 0.3) is 11.5 Å². The van der Waals surface area contributed by atoms with Crippen molar-refractivity contribution < 1.29 is 22.4 Å². The van der Waals surface area contributed by atoms with Gasteiger partial charge in [-0.05, 0) is 17.3 Å². The first kappa shape index (κ1) is 14.3. The highest BCUT2D eigenvalue weighted by Gasteiger charge is 2.27. The lowest BCUT2D eigenvalue weighted by Crippen LogP contribution is -2.20. The van der Waals surface area contributed by atoms with Gasteiger partial charge in [0.2, 0.25) is 0 Å². The molecule has 0 spiro atoms. The Hall–Kier alpha value is -2.09. The molecule has 0 fully saturated rings. The van der Waals surface area contributed by atoms with Gasteiger partial charge in [-0.15, -0.1) is 0 Å². The minimum atomic E-state index is -4.31. The molecular formula is C12H12F3N3O2. The third kappa shape index (κ3) is 4.54. The van der Waals surface area contributed by atoms with Crippen LogP contribution in [0.3, 0.4) is 0 Å². The number of nitrogens with zero attached hydrogens (tertiary/aromatic N) is 2. The van der Waals surface area contributed by atoms with Gasteiger partial charge in [0.15, 0.2) is 0 Å². The van der Waals surface area contributed by atoms with Crippen LogP contribution < -0.4 is 5.32 Å². The average molecular weight is 287 g/mol. The molecule has 0 unspecified atom stereocenters. The van der Waals surface area contributed by atoms with Crippen LogP contribution in [0.4, 0.5) is 19.1 Å². The van der Waals surface area contributed by atoms with Crippen LogP contribution in [0.2, 0.25) is 0 Å². The van der Waals surface area contributed by atoms with Gasteiger partial charge in [-0.25, -0.2) is 0 Å². The van der Waals surface area contributed by atoms with Crippen molar-refractivity contribution in [1.29, 1.82) is 0 Å². The minimum Gasteiger partial charge on any atom is -0.370 e. The molecule has 0 atom stereocenters. The summed E-state index contributed by atoms with van der Waals surface area (Å²) in [4.78, 5) is 4.06. The van der Waals surface area contributed by atoms with E-state index in [4.69, 9.17) is 4.52 Å². The highest BCUT2D eigenvalue weighted by molar-refractivity contribution is 5.53. The van der Waals surface area contributed by atoms with Crippen molar-refractivity contribution in [3.8, 4) is 11.5 Å². The van der Waals surface area contributed by atoms with Crippen molar-refractivity contribution in [2.75, 3.05) is 25.1 Å². The molecule has 0 amide bonds. The summed E-state index contributed by atoms with van der Waals surface area (Å²) in [6.07, 6.45) is -4.31. The summed E-state index contributed by atoms with van der Waals surface area (Å²) in [5.74, 6) is 0.545. The Morgan fingerprint density at radius 3 is 2.65 bits per heavy atom. The maximum absolute atomic E-state index is 11.8. The summed E-state index contributed by atoms with van der Waals surface area (Å²) >= 11 is 0. The zero-order valence-electron chi connectivity index (χ0n) is 10.4. The molecule has 0 saturated carbocycles. The van der Waals surface area contributed by atoms with Gasteiger partial charge >= 0.3 is 6.18 Å². The summed E-state index contributed by atoms with van der Waals surface area (Å²) in [6.45, 7) is -1.21. The van der Waals surface area contributed by atoms with Crippen molar-refractivity contribution in [1.82, 2.24) is 10.1 Å². The van der Waals surface area contributed by atoms with Crippen LogP contribution in [0.5, 0.6) is 0 Å². The largest absolute Gasteiger partial charge is 0.411 e. The Morgan fingerprint density at radius 2 is 1.95 bits per heavy atom. The maximum Gasteiger partial charge on any atom is 0.411 e. The van der Waals surface area contributed by atoms with E-state index >= 15 is 0 Å². The molecule has 1 heterocycles. The van der Waals surface area contributed by atoms with E-state index in [9.17, 15) is 13.2 Å². The van der Waals surface area contributed by atoms with Gasteiger partial charge in [0.05, 0.1) is 6.61 Å². The second-order valence-electron chi connectivity index (χ2n) is 3.88. The number of hydrogen-bond acceptors (Lipinski definition) is 5. The number of anilines is 1. The molecule has 1 aromatic heterocycles. The predicted octanol–water partition coefficient (Wildman–Crippen LogP) is 2.73. The lowest BCUT2D eigenvalue weighted by atomic mass is 10.2. The molecule has 0 saturated heterocycles. The smallest absolute Gasteiger partial charge is 0.370 e. The van der Waals surface area contributed by atoms with Crippen molar-refractivity contribution in [2.45, 2.75) is 6.18 Å². The fourth-order valence-electron chi connectivity index (χ4n) is 1.42. The van der Waals surface area contributed by atoms with Crippen molar-refractivity contribution in [2.24, 2.45) is 0 Å². The molecule has 1 aromatic carbocycles. The van der Waals surface area contributed by atoms with Crippen molar-refractivity contribution in [3.63, 3.8) is 0 Å². The predicted molar refractivity (Wildman–Crippen MR) is 65.1 cm³/mol. The first-order valence-electron chi connectivity index (χ1n) is 5.82. The molecule has 20 heavy (non-hydrogen) atoms. The minimum absolute atomic E-state index is 0.102. The molecule has 108 valence electrons. The van der Waals surface area contributed by atoms with Crippen LogP contribution >= 0.6 is 0 Å². The lowest BCUT2D eigenvalue weighted by Gasteiger charge is -2.07. The van der Waals surface area contributed by atoms with Crippen LogP contribution in [-0.4, -0.2) is 36.1 Å². The van der Waals surface area contributed by atoms with Gasteiger partial charge in [-0.3, -0.25) is 0 Å². The number of aromatic nitrogens is 2. The summed E-state index contributed by atoms with van der Waals surface area (Å²) in [7, 11) is 0. The van der Waals surface area contributed by atoms with Crippen LogP contribution in [-0.2, 0) is 4.74 Å². The van der Waals surface area contributed by atoms with Crippen LogP contribution in [0.1, 0.15) is 0 Å². The molecule has 0 aliphatic heterocycles. The molecule has 0 radical (unpaired) electrons. The fourth-order valence-corrected chi connectivity index (χ4v) is 1.42. The Bertz CT molecular complexity index is 528. The summed E-state index contributed by atoms with van der Waals surface area (Å²) < 4.78 is 44.9. The number of benzene rings is 1. The van der Waals surface area contributed by atoms with E-state index in [1.807, 2.05) is 30.3 Å². The third-order valence-corrected chi connectivity index (χ3v) is 2.24. The topological polar surface area (TPSA) is 60.2 Å². The first-order chi connectivity index (χ1) is 9.54. The number of nitrogens with one attached hydrogen (secondary N) is 1. The Kier molecular flexibility index (Phi) is 4.57. The van der Waals surface area contributed by atoms with Gasteiger partial charge in [0.25, 0.3) is 11.8 Å². The molecule has 1 N–H and O–H groups in total. The van der Waals surface area contributed by atoms with E-state index in [1.165, 1.54) is 0 Å². The van der Waals surface area contributed by atoms with Crippen molar-refractivity contribution in [3.05, 3.63) is 30.3 Å². The molecule has 0 aliphatic rings. The lowest BCUT2D eigenvalue weighted by molar-refractivity contribution is -0.172. The SMILES string of the molecule is FC(F)(F)COCCNc1noc(-c2ccccc2)n1. The van der Waals surface area contributed by atoms with Crippen LogP contribution in [0, 0.1) is 0 Å². The molecular weight excluding hydrogens is 275 g/mol. The highest BCUT2D eigenvalue weighted by Crippen LogP contribution is 2.17. The summed E-state index contributed by atoms with van der Waals surface area (Å²) in [5.41, 5.74) is 0.765. The van der Waals surface area contributed by atoms with E-state index in [2.05, 4.69) is 20.2 Å². The third-order valence-electron chi connectivity index (χ3n) is 2.24. The molecule has 0 aliphatic carbocycles. The number of alkyl halides is 3. The van der Waals surface area contributed by atoms with Gasteiger partial charge < -0.3 is 14.6 Å². The van der Waals surface area contributed by atoms with Gasteiger partial charge in [0.1, 0.15) is 6.61 Å². The summed E-state index contributed by atoms with van der Waals surface area (Å²) in [5, 5.41) is 6.38. The van der Waals surface area contributed by atoms with Crippen LogP contribution in [0.15, 0.2) is 34.9 Å². The number of halogens is 3. The first-order valence-corrected chi connectivity index (χ1v) is 5.82. The molecule has 0 bridgehead atoms. The molecule has 8 heteroatoms. The van der Waals surface area contributed by atoms with Crippen molar-refractivity contribution >= 4 is 5.95 Å². The van der Waals surface area contributed by atoms with Gasteiger partial charge in [-0.2, -0.15) is 18.2 Å². The average Bonchev–Trinajstić information content (AvgIpc) is 2.87. The fraction of sp³-hybridized carbons (Fsp3) is 0.333. The monoisotopic (exact) mass is 287 g/mol. The van der Waals surface area contributed by atoms with E-state index in [-0.39, 0.29) is 19.1 Å². The normalized spacial score (nSPS) is 11.6. The zero-order valence-corrected chi connectivity index (χ0v) is 10.4. The maximum atomic E-state index is 11.8. The van der Waals surface area contributed by atoms with E-state index < -0.39 is 12.8 Å². The number of ether oxygens (including phenoxy) is 1. The second kappa shape index (κ2) is 6.38. The highest BCUT2D eigenvalue weighted by atomic mass is 19.4. The zero-order chi connectivity index (χ0) is 14.4. The van der Waals surface area contributed by atoms with E-state index in [0.717, 1.165) is 5.56 Å². The Balaban J connectivity index is 1.76. The Morgan fingerprint density at radius 1 is 1.20 bits per heavy atom. The van der Waals surface area contributed by atoms with E-state index in [1.54, 1.807) is 0 Å². The molecule has 5 nitrogen and oxygen atoms in total. The standard InChI is InChI=1S/C12H12F3N3O2/c13-12(14,15)8-19-7-6-16-11-17-10(20-18-11)9-4-2-1-3-5-9/h1-5H,6-8H2,(H,16,18). The number of rotatable bonds is 6. The molecule has 2 aromatic rings. The quantitative estimate of drug-likeness (QED) is 0.828. The number of hydrogen-bond donors (Lipinski definition) is 1. The molecule has 2 rings (SSSR count). The summed E-state index contributed by atoms with van der Waals surface area (Å²) in [6, 6.07) is 9.14. The second-order valence-corrected chi connectivity index (χ2v) is 3.88. The van der Waals surface area contributed by atoms with Gasteiger partial charge in [0, 0.05) is 12.1 Å².